The fourth-order valence-electron chi connectivity index (χ4n) is 3.24. The minimum Gasteiger partial charge on any atom is -0.354 e. The molecule has 1 unspecified atom stereocenters. The molecule has 1 fully saturated rings. The van der Waals surface area contributed by atoms with Crippen molar-refractivity contribution in [2.24, 2.45) is 5.92 Å². The zero-order chi connectivity index (χ0) is 18.5. The molecule has 0 saturated carbocycles. The predicted molar refractivity (Wildman–Crippen MR) is 100 cm³/mol. The maximum absolute atomic E-state index is 12.5. The molecule has 1 amide bonds. The highest BCUT2D eigenvalue weighted by Gasteiger charge is 2.26. The summed E-state index contributed by atoms with van der Waals surface area (Å²) in [5.41, 5.74) is 0.860. The molecule has 1 atom stereocenters. The zero-order valence-electron chi connectivity index (χ0n) is 14.9. The number of rotatable bonds is 5. The molecule has 4 heterocycles. The number of carbonyl (C=O) groups excluding carboxylic acids is 1. The van der Waals surface area contributed by atoms with Crippen LogP contribution in [0, 0.1) is 5.92 Å². The number of piperidine rings is 1. The van der Waals surface area contributed by atoms with Gasteiger partial charge in [0.05, 0.1) is 18.2 Å². The van der Waals surface area contributed by atoms with E-state index in [9.17, 15) is 4.79 Å². The fraction of sp³-hybridized carbons (Fsp3) is 0.316. The Morgan fingerprint density at radius 2 is 2.00 bits per heavy atom. The van der Waals surface area contributed by atoms with Gasteiger partial charge in [-0.2, -0.15) is 5.10 Å². The van der Waals surface area contributed by atoms with Gasteiger partial charge in [-0.25, -0.2) is 4.68 Å². The second-order valence-electron chi connectivity index (χ2n) is 6.52. The van der Waals surface area contributed by atoms with Crippen molar-refractivity contribution < 1.29 is 4.79 Å². The number of hydrogen-bond donors (Lipinski definition) is 1. The SMILES string of the molecule is O=C(NCc1ccccn1)C1CCCN(c2ccc(-n3cccn3)nn2)C1. The maximum Gasteiger partial charge on any atom is 0.225 e. The van der Waals surface area contributed by atoms with E-state index in [-0.39, 0.29) is 11.8 Å². The van der Waals surface area contributed by atoms with E-state index < -0.39 is 0 Å². The van der Waals surface area contributed by atoms with Crippen molar-refractivity contribution in [2.45, 2.75) is 19.4 Å². The summed E-state index contributed by atoms with van der Waals surface area (Å²) in [6, 6.07) is 11.3. The van der Waals surface area contributed by atoms with E-state index in [0.29, 0.717) is 18.9 Å². The molecule has 1 aliphatic rings. The third-order valence-corrected chi connectivity index (χ3v) is 4.66. The summed E-state index contributed by atoms with van der Waals surface area (Å²) in [6.45, 7) is 1.97. The first-order chi connectivity index (χ1) is 13.3. The van der Waals surface area contributed by atoms with Crippen LogP contribution in [0.5, 0.6) is 0 Å². The van der Waals surface area contributed by atoms with Gasteiger partial charge in [0, 0.05) is 31.7 Å². The second-order valence-corrected chi connectivity index (χ2v) is 6.52. The van der Waals surface area contributed by atoms with Gasteiger partial charge in [0.15, 0.2) is 11.6 Å². The van der Waals surface area contributed by atoms with Gasteiger partial charge in [0.25, 0.3) is 0 Å². The van der Waals surface area contributed by atoms with Crippen LogP contribution in [0.3, 0.4) is 0 Å². The van der Waals surface area contributed by atoms with Crippen LogP contribution in [0.2, 0.25) is 0 Å². The van der Waals surface area contributed by atoms with Crippen molar-refractivity contribution >= 4 is 11.7 Å². The van der Waals surface area contributed by atoms with Crippen molar-refractivity contribution in [3.63, 3.8) is 0 Å². The Kier molecular flexibility index (Phi) is 5.04. The highest BCUT2D eigenvalue weighted by atomic mass is 16.1. The third kappa shape index (κ3) is 4.11. The smallest absolute Gasteiger partial charge is 0.225 e. The Morgan fingerprint density at radius 1 is 1.11 bits per heavy atom. The van der Waals surface area contributed by atoms with Crippen LogP contribution in [0.15, 0.2) is 55.0 Å². The summed E-state index contributed by atoms with van der Waals surface area (Å²) in [5, 5.41) is 15.7. The van der Waals surface area contributed by atoms with Crippen LogP contribution in [0.1, 0.15) is 18.5 Å². The van der Waals surface area contributed by atoms with Crippen molar-refractivity contribution in [3.8, 4) is 5.82 Å². The Bertz CT molecular complexity index is 865. The number of nitrogens with zero attached hydrogens (tertiary/aromatic N) is 6. The second kappa shape index (κ2) is 7.94. The van der Waals surface area contributed by atoms with E-state index in [1.165, 1.54) is 0 Å². The number of aromatic nitrogens is 5. The average Bonchev–Trinajstić information content (AvgIpc) is 3.28. The lowest BCUT2D eigenvalue weighted by Crippen LogP contribution is -2.43. The minimum atomic E-state index is -0.0601. The Labute approximate surface area is 157 Å². The lowest BCUT2D eigenvalue weighted by atomic mass is 9.97. The minimum absolute atomic E-state index is 0.0601. The van der Waals surface area contributed by atoms with Gasteiger partial charge in [-0.3, -0.25) is 9.78 Å². The van der Waals surface area contributed by atoms with Gasteiger partial charge >= 0.3 is 0 Å². The van der Waals surface area contributed by atoms with Crippen molar-refractivity contribution in [3.05, 3.63) is 60.7 Å². The van der Waals surface area contributed by atoms with E-state index >= 15 is 0 Å². The molecule has 27 heavy (non-hydrogen) atoms. The van der Waals surface area contributed by atoms with Crippen LogP contribution in [-0.2, 0) is 11.3 Å². The van der Waals surface area contributed by atoms with Crippen LogP contribution in [0.4, 0.5) is 5.82 Å². The van der Waals surface area contributed by atoms with Crippen LogP contribution in [-0.4, -0.2) is 44.0 Å². The molecule has 4 rings (SSSR count). The number of hydrogen-bond acceptors (Lipinski definition) is 6. The third-order valence-electron chi connectivity index (χ3n) is 4.66. The lowest BCUT2D eigenvalue weighted by Gasteiger charge is -2.32. The number of pyridine rings is 1. The Balaban J connectivity index is 1.36. The molecule has 0 aliphatic carbocycles. The Hall–Kier alpha value is -3.29. The molecule has 8 nitrogen and oxygen atoms in total. The molecule has 0 bridgehead atoms. The van der Waals surface area contributed by atoms with E-state index in [2.05, 4.69) is 30.5 Å². The summed E-state index contributed by atoms with van der Waals surface area (Å²) in [7, 11) is 0. The summed E-state index contributed by atoms with van der Waals surface area (Å²) >= 11 is 0. The molecule has 138 valence electrons. The molecular weight excluding hydrogens is 342 g/mol. The molecule has 1 saturated heterocycles. The van der Waals surface area contributed by atoms with Gasteiger partial charge in [-0.15, -0.1) is 10.2 Å². The first kappa shape index (κ1) is 17.1. The molecular formula is C19H21N7O. The zero-order valence-corrected chi connectivity index (χ0v) is 14.9. The van der Waals surface area contributed by atoms with E-state index in [0.717, 1.165) is 30.9 Å². The number of nitrogens with one attached hydrogen (secondary N) is 1. The molecule has 8 heteroatoms. The standard InChI is InChI=1S/C19H21N7O/c27-19(21-13-16-6-1-2-9-20-16)15-5-3-11-25(14-15)17-7-8-18(24-23-17)26-12-4-10-22-26/h1-2,4,6-10,12,15H,3,5,11,13-14H2,(H,21,27). The molecule has 1 aliphatic heterocycles. The summed E-state index contributed by atoms with van der Waals surface area (Å²) in [6.07, 6.45) is 7.09. The van der Waals surface area contributed by atoms with Crippen LogP contribution in [0.25, 0.3) is 5.82 Å². The normalized spacial score (nSPS) is 16.9. The summed E-state index contributed by atoms with van der Waals surface area (Å²) in [5.74, 6) is 1.46. The van der Waals surface area contributed by atoms with E-state index in [1.54, 1.807) is 17.1 Å². The number of amides is 1. The molecule has 3 aromatic rings. The summed E-state index contributed by atoms with van der Waals surface area (Å²) in [4.78, 5) is 18.9. The molecule has 3 aromatic heterocycles. The monoisotopic (exact) mass is 363 g/mol. The van der Waals surface area contributed by atoms with Crippen molar-refractivity contribution in [1.82, 2.24) is 30.3 Å². The number of anilines is 1. The summed E-state index contributed by atoms with van der Waals surface area (Å²) < 4.78 is 1.67. The van der Waals surface area contributed by atoms with Gasteiger partial charge in [0.1, 0.15) is 0 Å². The van der Waals surface area contributed by atoms with Gasteiger partial charge in [-0.1, -0.05) is 6.07 Å². The average molecular weight is 363 g/mol. The molecule has 0 aromatic carbocycles. The first-order valence-corrected chi connectivity index (χ1v) is 9.06. The van der Waals surface area contributed by atoms with Crippen LogP contribution >= 0.6 is 0 Å². The van der Waals surface area contributed by atoms with Gasteiger partial charge in [0.2, 0.25) is 5.91 Å². The van der Waals surface area contributed by atoms with Gasteiger partial charge < -0.3 is 10.2 Å². The molecule has 0 spiro atoms. The van der Waals surface area contributed by atoms with Crippen LogP contribution < -0.4 is 10.2 Å². The largest absolute Gasteiger partial charge is 0.354 e. The first-order valence-electron chi connectivity index (χ1n) is 9.06. The molecule has 1 N–H and O–H groups in total. The topological polar surface area (TPSA) is 88.8 Å². The maximum atomic E-state index is 12.5. The Morgan fingerprint density at radius 3 is 2.74 bits per heavy atom. The van der Waals surface area contributed by atoms with Gasteiger partial charge in [-0.05, 0) is 43.2 Å². The van der Waals surface area contributed by atoms with E-state index in [1.807, 2.05) is 42.6 Å². The highest BCUT2D eigenvalue weighted by Crippen LogP contribution is 2.22. The lowest BCUT2D eigenvalue weighted by molar-refractivity contribution is -0.125. The van der Waals surface area contributed by atoms with E-state index in [4.69, 9.17) is 0 Å². The molecule has 0 radical (unpaired) electrons. The highest BCUT2D eigenvalue weighted by molar-refractivity contribution is 5.79. The van der Waals surface area contributed by atoms with Crippen molar-refractivity contribution in [2.75, 3.05) is 18.0 Å². The van der Waals surface area contributed by atoms with Crippen molar-refractivity contribution in [1.29, 1.82) is 0 Å². The quantitative estimate of drug-likeness (QED) is 0.741. The fourth-order valence-corrected chi connectivity index (χ4v) is 3.24. The number of carbonyl (C=O) groups is 1. The predicted octanol–water partition coefficient (Wildman–Crippen LogP) is 1.59.